The average Bonchev–Trinajstić information content (AvgIpc) is 2.18. The van der Waals surface area contributed by atoms with Crippen molar-refractivity contribution in [3.05, 3.63) is 24.3 Å². The lowest BCUT2D eigenvalue weighted by Crippen LogP contribution is -2.38. The third-order valence-corrected chi connectivity index (χ3v) is 1.95. The molecule has 4 nitrogen and oxygen atoms in total. The molecule has 0 bridgehead atoms. The highest BCUT2D eigenvalue weighted by atomic mass is 19.4. The van der Waals surface area contributed by atoms with Crippen LogP contribution in [0.1, 0.15) is 13.8 Å². The van der Waals surface area contributed by atoms with E-state index >= 15 is 0 Å². The van der Waals surface area contributed by atoms with E-state index in [-0.39, 0.29) is 5.75 Å². The van der Waals surface area contributed by atoms with E-state index in [1.165, 1.54) is 32.0 Å². The molecule has 0 atom stereocenters. The van der Waals surface area contributed by atoms with Crippen molar-refractivity contribution < 1.29 is 32.5 Å². The summed E-state index contributed by atoms with van der Waals surface area (Å²) in [5.74, 6) is -2.18. The van der Waals surface area contributed by atoms with E-state index in [0.29, 0.717) is 0 Å². The van der Waals surface area contributed by atoms with E-state index in [2.05, 4.69) is 4.74 Å². The molecule has 0 heterocycles. The van der Waals surface area contributed by atoms with Gasteiger partial charge in [-0.25, -0.2) is 4.79 Å². The molecule has 18 heavy (non-hydrogen) atoms. The first kappa shape index (κ1) is 14.1. The minimum atomic E-state index is -4.87. The summed E-state index contributed by atoms with van der Waals surface area (Å²) in [6, 6.07) is 4.98. The molecule has 0 fully saturated rings. The van der Waals surface area contributed by atoms with Crippen molar-refractivity contribution >= 4 is 5.97 Å². The molecular weight excluding hydrogens is 253 g/mol. The largest absolute Gasteiger partial charge is 0.573 e. The Morgan fingerprint density at radius 3 is 1.94 bits per heavy atom. The Kier molecular flexibility index (Phi) is 3.73. The Balaban J connectivity index is 3.00. The zero-order chi connectivity index (χ0) is 14.0. The Bertz CT molecular complexity index is 440. The number of hydrogen-bond donors (Lipinski definition) is 1. The van der Waals surface area contributed by atoms with Gasteiger partial charge in [-0.3, -0.25) is 0 Å². The van der Waals surface area contributed by atoms with E-state index < -0.39 is 23.7 Å². The van der Waals surface area contributed by atoms with Crippen molar-refractivity contribution in [3.63, 3.8) is 0 Å². The van der Waals surface area contributed by atoms with Crippen LogP contribution in [0.4, 0.5) is 13.2 Å². The molecule has 1 N–H and O–H groups in total. The van der Waals surface area contributed by atoms with Gasteiger partial charge in [0.2, 0.25) is 0 Å². The lowest BCUT2D eigenvalue weighted by atomic mass is 10.1. The molecule has 0 saturated carbocycles. The second kappa shape index (κ2) is 4.75. The number of rotatable bonds is 4. The standard InChI is InChI=1S/C11H11F3O4/c1-10(2,9(15)16)17-7-5-3-4-6-8(7)18-11(12,13)14/h3-6H,1-2H3,(H,15,16). The molecule has 0 aliphatic carbocycles. The first-order valence-electron chi connectivity index (χ1n) is 4.89. The number of hydrogen-bond acceptors (Lipinski definition) is 3. The highest BCUT2D eigenvalue weighted by molar-refractivity contribution is 5.76. The summed E-state index contributed by atoms with van der Waals surface area (Å²) in [6.07, 6.45) is -4.87. The van der Waals surface area contributed by atoms with E-state index in [1.807, 2.05) is 0 Å². The third-order valence-electron chi connectivity index (χ3n) is 1.95. The van der Waals surface area contributed by atoms with E-state index in [9.17, 15) is 18.0 Å². The number of carboxylic acid groups (broad SMARTS) is 1. The normalized spacial score (nSPS) is 12.1. The van der Waals surface area contributed by atoms with Gasteiger partial charge in [0, 0.05) is 0 Å². The molecule has 1 rings (SSSR count). The fourth-order valence-corrected chi connectivity index (χ4v) is 1.06. The molecule has 100 valence electrons. The molecule has 0 aliphatic rings. The Hall–Kier alpha value is -1.92. The van der Waals surface area contributed by atoms with Crippen molar-refractivity contribution in [1.29, 1.82) is 0 Å². The number of carbonyl (C=O) groups is 1. The number of halogens is 3. The van der Waals surface area contributed by atoms with Crippen LogP contribution in [0.2, 0.25) is 0 Å². The molecule has 0 aliphatic heterocycles. The van der Waals surface area contributed by atoms with Crippen LogP contribution in [0.5, 0.6) is 11.5 Å². The van der Waals surface area contributed by atoms with Gasteiger partial charge in [0.15, 0.2) is 17.1 Å². The van der Waals surface area contributed by atoms with Crippen molar-refractivity contribution in [2.45, 2.75) is 25.8 Å². The maximum Gasteiger partial charge on any atom is 0.573 e. The molecule has 1 aromatic rings. The van der Waals surface area contributed by atoms with Gasteiger partial charge >= 0.3 is 12.3 Å². The lowest BCUT2D eigenvalue weighted by Gasteiger charge is -2.23. The maximum absolute atomic E-state index is 12.1. The summed E-state index contributed by atoms with van der Waals surface area (Å²) >= 11 is 0. The summed E-state index contributed by atoms with van der Waals surface area (Å²) in [5, 5.41) is 8.84. The van der Waals surface area contributed by atoms with Crippen LogP contribution in [-0.2, 0) is 4.79 Å². The second-order valence-electron chi connectivity index (χ2n) is 3.91. The Morgan fingerprint density at radius 1 is 1.11 bits per heavy atom. The Labute approximate surface area is 101 Å². The van der Waals surface area contributed by atoms with Crippen molar-refractivity contribution in [1.82, 2.24) is 0 Å². The monoisotopic (exact) mass is 264 g/mol. The highest BCUT2D eigenvalue weighted by Crippen LogP contribution is 2.33. The van der Waals surface area contributed by atoms with Crippen LogP contribution in [0.25, 0.3) is 0 Å². The molecule has 0 aromatic heterocycles. The predicted molar refractivity (Wildman–Crippen MR) is 55.5 cm³/mol. The van der Waals surface area contributed by atoms with Gasteiger partial charge in [0.25, 0.3) is 0 Å². The number of ether oxygens (including phenoxy) is 2. The van der Waals surface area contributed by atoms with Crippen molar-refractivity contribution in [2.75, 3.05) is 0 Å². The van der Waals surface area contributed by atoms with E-state index in [1.54, 1.807) is 0 Å². The lowest BCUT2D eigenvalue weighted by molar-refractivity contribution is -0.275. The predicted octanol–water partition coefficient (Wildman–Crippen LogP) is 2.83. The smallest absolute Gasteiger partial charge is 0.478 e. The molecule has 0 spiro atoms. The van der Waals surface area contributed by atoms with E-state index in [0.717, 1.165) is 6.07 Å². The van der Waals surface area contributed by atoms with E-state index in [4.69, 9.17) is 9.84 Å². The molecule has 7 heteroatoms. The molecule has 0 amide bonds. The number of para-hydroxylation sites is 2. The van der Waals surface area contributed by atoms with Gasteiger partial charge in [-0.1, -0.05) is 12.1 Å². The minimum Gasteiger partial charge on any atom is -0.478 e. The number of alkyl halides is 3. The second-order valence-corrected chi connectivity index (χ2v) is 3.91. The summed E-state index contributed by atoms with van der Waals surface area (Å²) in [5.41, 5.74) is -1.66. The summed E-state index contributed by atoms with van der Waals surface area (Å²) in [6.45, 7) is 2.44. The highest BCUT2D eigenvalue weighted by Gasteiger charge is 2.35. The molecule has 1 aromatic carbocycles. The van der Waals surface area contributed by atoms with Crippen molar-refractivity contribution in [2.24, 2.45) is 0 Å². The molecule has 0 saturated heterocycles. The third kappa shape index (κ3) is 3.83. The maximum atomic E-state index is 12.1. The van der Waals surface area contributed by atoms with Crippen LogP contribution in [0.15, 0.2) is 24.3 Å². The minimum absolute atomic E-state index is 0.290. The van der Waals surface area contributed by atoms with Crippen LogP contribution in [-0.4, -0.2) is 23.0 Å². The van der Waals surface area contributed by atoms with Crippen LogP contribution >= 0.6 is 0 Å². The fraction of sp³-hybridized carbons (Fsp3) is 0.364. The van der Waals surface area contributed by atoms with Gasteiger partial charge in [-0.05, 0) is 26.0 Å². The Morgan fingerprint density at radius 2 is 1.56 bits per heavy atom. The van der Waals surface area contributed by atoms with Gasteiger partial charge in [0.05, 0.1) is 0 Å². The van der Waals surface area contributed by atoms with Crippen LogP contribution in [0.3, 0.4) is 0 Å². The molecule has 0 radical (unpaired) electrons. The molecule has 0 unspecified atom stereocenters. The average molecular weight is 264 g/mol. The quantitative estimate of drug-likeness (QED) is 0.908. The van der Waals surface area contributed by atoms with Gasteiger partial charge in [-0.15, -0.1) is 13.2 Å². The summed E-state index contributed by atoms with van der Waals surface area (Å²) in [4.78, 5) is 10.8. The summed E-state index contributed by atoms with van der Waals surface area (Å²) < 4.78 is 45.1. The zero-order valence-electron chi connectivity index (χ0n) is 9.62. The summed E-state index contributed by atoms with van der Waals surface area (Å²) in [7, 11) is 0. The zero-order valence-corrected chi connectivity index (χ0v) is 9.62. The first-order valence-corrected chi connectivity index (χ1v) is 4.89. The van der Waals surface area contributed by atoms with Gasteiger partial charge < -0.3 is 14.6 Å². The fourth-order valence-electron chi connectivity index (χ4n) is 1.06. The SMILES string of the molecule is CC(C)(Oc1ccccc1OC(F)(F)F)C(=O)O. The number of aliphatic carboxylic acids is 1. The first-order chi connectivity index (χ1) is 8.12. The topological polar surface area (TPSA) is 55.8 Å². The number of carboxylic acids is 1. The van der Waals surface area contributed by atoms with Gasteiger partial charge in [0.1, 0.15) is 0 Å². The van der Waals surface area contributed by atoms with Crippen LogP contribution in [0, 0.1) is 0 Å². The molecular formula is C11H11F3O4. The van der Waals surface area contributed by atoms with Crippen molar-refractivity contribution in [3.8, 4) is 11.5 Å². The van der Waals surface area contributed by atoms with Gasteiger partial charge in [-0.2, -0.15) is 0 Å². The number of benzene rings is 1. The van der Waals surface area contributed by atoms with Crippen LogP contribution < -0.4 is 9.47 Å².